The molecule has 18 heavy (non-hydrogen) atoms. The van der Waals surface area contributed by atoms with Crippen molar-refractivity contribution in [1.82, 2.24) is 4.57 Å². The van der Waals surface area contributed by atoms with Crippen LogP contribution in [0.4, 0.5) is 0 Å². The number of thiophene rings is 2. The van der Waals surface area contributed by atoms with E-state index in [0.717, 1.165) is 5.70 Å². The Bertz CT molecular complexity index is 717. The number of aromatic nitrogens is 1. The molecular weight excluding hydrogens is 258 g/mol. The predicted molar refractivity (Wildman–Crippen MR) is 84.5 cm³/mol. The molecular formula is C15H13NS2. The van der Waals surface area contributed by atoms with Crippen LogP contribution in [-0.2, 0) is 0 Å². The van der Waals surface area contributed by atoms with Crippen molar-refractivity contribution >= 4 is 48.8 Å². The molecule has 0 radical (unpaired) electrons. The fourth-order valence-corrected chi connectivity index (χ4v) is 4.14. The van der Waals surface area contributed by atoms with Crippen molar-refractivity contribution in [2.75, 3.05) is 0 Å². The van der Waals surface area contributed by atoms with Crippen LogP contribution < -0.4 is 0 Å². The fourth-order valence-electron chi connectivity index (χ4n) is 2.20. The van der Waals surface area contributed by atoms with Gasteiger partial charge in [0.1, 0.15) is 0 Å². The summed E-state index contributed by atoms with van der Waals surface area (Å²) in [4.78, 5) is 0. The molecule has 0 bridgehead atoms. The van der Waals surface area contributed by atoms with E-state index in [9.17, 15) is 0 Å². The molecule has 0 aromatic carbocycles. The fraction of sp³-hybridized carbons (Fsp3) is 0.0667. The topological polar surface area (TPSA) is 4.93 Å². The molecule has 90 valence electrons. The van der Waals surface area contributed by atoms with Crippen molar-refractivity contribution in [2.24, 2.45) is 0 Å². The highest BCUT2D eigenvalue weighted by molar-refractivity contribution is 7.25. The Morgan fingerprint density at radius 1 is 1.17 bits per heavy atom. The first-order chi connectivity index (χ1) is 8.86. The molecule has 0 spiro atoms. The van der Waals surface area contributed by atoms with Gasteiger partial charge < -0.3 is 4.57 Å². The van der Waals surface area contributed by atoms with Crippen molar-refractivity contribution in [3.05, 3.63) is 53.8 Å². The van der Waals surface area contributed by atoms with Gasteiger partial charge in [0.2, 0.25) is 0 Å². The zero-order chi connectivity index (χ0) is 12.5. The molecule has 0 aliphatic carbocycles. The van der Waals surface area contributed by atoms with Crippen molar-refractivity contribution in [1.29, 1.82) is 0 Å². The Kier molecular flexibility index (Phi) is 2.94. The average molecular weight is 271 g/mol. The number of hydrogen-bond donors (Lipinski definition) is 0. The van der Waals surface area contributed by atoms with Crippen LogP contribution in [0, 0.1) is 0 Å². The Morgan fingerprint density at radius 3 is 2.28 bits per heavy atom. The normalized spacial score (nSPS) is 13.1. The summed E-state index contributed by atoms with van der Waals surface area (Å²) in [6.07, 6.45) is 8.07. The molecule has 1 nitrogen and oxygen atoms in total. The van der Waals surface area contributed by atoms with Gasteiger partial charge in [-0.15, -0.1) is 22.7 Å². The highest BCUT2D eigenvalue weighted by Crippen LogP contribution is 2.38. The maximum atomic E-state index is 3.81. The van der Waals surface area contributed by atoms with E-state index in [0.29, 0.717) is 0 Å². The van der Waals surface area contributed by atoms with Crippen molar-refractivity contribution < 1.29 is 0 Å². The van der Waals surface area contributed by atoms with Gasteiger partial charge in [0.25, 0.3) is 0 Å². The molecule has 3 rings (SSSR count). The van der Waals surface area contributed by atoms with E-state index in [4.69, 9.17) is 0 Å². The minimum absolute atomic E-state index is 1.16. The van der Waals surface area contributed by atoms with Gasteiger partial charge in [0.15, 0.2) is 0 Å². The Morgan fingerprint density at radius 2 is 1.78 bits per heavy atom. The second-order valence-corrected chi connectivity index (χ2v) is 5.76. The lowest BCUT2D eigenvalue weighted by atomic mass is 10.3. The molecule has 3 aromatic rings. The summed E-state index contributed by atoms with van der Waals surface area (Å²) in [5.41, 5.74) is 3.73. The SMILES string of the molecule is C=C/C=C(\C=C/C)n1c2ccsc2c2sccc21. The summed E-state index contributed by atoms with van der Waals surface area (Å²) in [6.45, 7) is 5.85. The van der Waals surface area contributed by atoms with Gasteiger partial charge in [-0.05, 0) is 42.0 Å². The summed E-state index contributed by atoms with van der Waals surface area (Å²) >= 11 is 3.62. The van der Waals surface area contributed by atoms with Crippen LogP contribution in [0.25, 0.3) is 26.1 Å². The van der Waals surface area contributed by atoms with E-state index in [1.54, 1.807) is 0 Å². The molecule has 3 heterocycles. The third kappa shape index (κ3) is 1.59. The van der Waals surface area contributed by atoms with E-state index in [2.05, 4.69) is 46.2 Å². The lowest BCUT2D eigenvalue weighted by Gasteiger charge is -2.06. The smallest absolute Gasteiger partial charge is 0.0704 e. The third-order valence-electron chi connectivity index (χ3n) is 2.86. The highest BCUT2D eigenvalue weighted by atomic mass is 32.1. The highest BCUT2D eigenvalue weighted by Gasteiger charge is 2.13. The number of hydrogen-bond acceptors (Lipinski definition) is 2. The molecule has 0 saturated heterocycles. The molecule has 0 saturated carbocycles. The molecule has 0 aliphatic heterocycles. The molecule has 0 unspecified atom stereocenters. The van der Waals surface area contributed by atoms with E-state index in [1.165, 1.54) is 20.4 Å². The average Bonchev–Trinajstić information content (AvgIpc) is 3.00. The molecule has 0 aliphatic rings. The lowest BCUT2D eigenvalue weighted by molar-refractivity contribution is 1.24. The van der Waals surface area contributed by atoms with Crippen LogP contribution in [-0.4, -0.2) is 4.57 Å². The molecule has 0 N–H and O–H groups in total. The summed E-state index contributed by atoms with van der Waals surface area (Å²) in [5, 5.41) is 4.31. The molecule has 0 atom stereocenters. The van der Waals surface area contributed by atoms with E-state index in [1.807, 2.05) is 41.7 Å². The lowest BCUT2D eigenvalue weighted by Crippen LogP contribution is -1.92. The van der Waals surface area contributed by atoms with Gasteiger partial charge >= 0.3 is 0 Å². The maximum Gasteiger partial charge on any atom is 0.0704 e. The van der Waals surface area contributed by atoms with Crippen LogP contribution in [0.15, 0.2) is 53.8 Å². The van der Waals surface area contributed by atoms with Gasteiger partial charge in [-0.25, -0.2) is 0 Å². The number of rotatable bonds is 3. The summed E-state index contributed by atoms with van der Waals surface area (Å²) in [7, 11) is 0. The predicted octanol–water partition coefficient (Wildman–Crippen LogP) is 5.52. The minimum atomic E-state index is 1.16. The molecule has 3 heteroatoms. The van der Waals surface area contributed by atoms with Gasteiger partial charge in [-0.3, -0.25) is 0 Å². The van der Waals surface area contributed by atoms with Gasteiger partial charge in [-0.1, -0.05) is 18.7 Å². The van der Waals surface area contributed by atoms with E-state index < -0.39 is 0 Å². The van der Waals surface area contributed by atoms with Crippen molar-refractivity contribution in [3.63, 3.8) is 0 Å². The quantitative estimate of drug-likeness (QED) is 0.553. The second kappa shape index (κ2) is 4.59. The standard InChI is InChI=1S/C15H13NS2/c1-3-5-11(6-4-2)16-12-7-9-17-14(12)15-13(16)8-10-18-15/h3-10H,1H2,2H3/b6-4-,11-5+. The van der Waals surface area contributed by atoms with Crippen LogP contribution in [0.3, 0.4) is 0 Å². The summed E-state index contributed by atoms with van der Waals surface area (Å²) in [5.74, 6) is 0. The molecule has 0 amide bonds. The van der Waals surface area contributed by atoms with Crippen LogP contribution in [0.2, 0.25) is 0 Å². The van der Waals surface area contributed by atoms with Gasteiger partial charge in [0.05, 0.1) is 20.4 Å². The van der Waals surface area contributed by atoms with Crippen LogP contribution >= 0.6 is 22.7 Å². The Hall–Kier alpha value is -1.58. The van der Waals surface area contributed by atoms with Crippen molar-refractivity contribution in [2.45, 2.75) is 6.92 Å². The zero-order valence-electron chi connectivity index (χ0n) is 10.1. The molecule has 0 fully saturated rings. The first kappa shape index (κ1) is 11.5. The minimum Gasteiger partial charge on any atom is -0.307 e. The number of nitrogens with zero attached hydrogens (tertiary/aromatic N) is 1. The van der Waals surface area contributed by atoms with E-state index >= 15 is 0 Å². The zero-order valence-corrected chi connectivity index (χ0v) is 11.7. The van der Waals surface area contributed by atoms with Crippen LogP contribution in [0.5, 0.6) is 0 Å². The largest absolute Gasteiger partial charge is 0.307 e. The Labute approximate surface area is 114 Å². The first-order valence-corrected chi connectivity index (χ1v) is 7.53. The maximum absolute atomic E-state index is 3.81. The monoisotopic (exact) mass is 271 g/mol. The van der Waals surface area contributed by atoms with Gasteiger partial charge in [0, 0.05) is 5.70 Å². The summed E-state index contributed by atoms with van der Waals surface area (Å²) < 4.78 is 5.05. The number of allylic oxidation sites excluding steroid dienone is 5. The van der Waals surface area contributed by atoms with E-state index in [-0.39, 0.29) is 0 Å². The van der Waals surface area contributed by atoms with Crippen molar-refractivity contribution in [3.8, 4) is 0 Å². The number of fused-ring (bicyclic) bond motifs is 3. The third-order valence-corrected chi connectivity index (χ3v) is 4.83. The second-order valence-electron chi connectivity index (χ2n) is 3.93. The van der Waals surface area contributed by atoms with Crippen LogP contribution in [0.1, 0.15) is 6.92 Å². The van der Waals surface area contributed by atoms with Gasteiger partial charge in [-0.2, -0.15) is 0 Å². The summed E-state index contributed by atoms with van der Waals surface area (Å²) in [6, 6.07) is 4.38. The molecule has 3 aromatic heterocycles. The first-order valence-electron chi connectivity index (χ1n) is 5.77. The Balaban J connectivity index is 2.42.